The minimum atomic E-state index is -1.51. The molecule has 0 saturated carbocycles. The molecule has 0 bridgehead atoms. The van der Waals surface area contributed by atoms with Crippen molar-refractivity contribution in [3.8, 4) is 0 Å². The maximum atomic E-state index is 9.86. The molecule has 0 heterocycles. The maximum absolute atomic E-state index is 9.86. The summed E-state index contributed by atoms with van der Waals surface area (Å²) in [7, 11) is -1.51. The SMILES string of the molecule is OB(O)C1(Nc2ccccc2)C=CC(Nc2ccccc2)=CC1. The van der Waals surface area contributed by atoms with Crippen LogP contribution in [0.3, 0.4) is 0 Å². The van der Waals surface area contributed by atoms with Gasteiger partial charge < -0.3 is 20.7 Å². The summed E-state index contributed by atoms with van der Waals surface area (Å²) in [5.74, 6) is 0. The van der Waals surface area contributed by atoms with Crippen molar-refractivity contribution in [2.75, 3.05) is 10.6 Å². The molecule has 0 radical (unpaired) electrons. The van der Waals surface area contributed by atoms with Crippen molar-refractivity contribution in [2.45, 2.75) is 11.9 Å². The molecule has 0 aromatic heterocycles. The lowest BCUT2D eigenvalue weighted by atomic mass is 9.61. The molecule has 4 nitrogen and oxygen atoms in total. The molecule has 1 unspecified atom stereocenters. The van der Waals surface area contributed by atoms with Crippen molar-refractivity contribution in [3.05, 3.63) is 84.6 Å². The number of allylic oxidation sites excluding steroid dienone is 1. The van der Waals surface area contributed by atoms with Gasteiger partial charge in [-0.15, -0.1) is 0 Å². The highest BCUT2D eigenvalue weighted by molar-refractivity contribution is 6.47. The lowest BCUT2D eigenvalue weighted by Crippen LogP contribution is -2.52. The molecule has 5 heteroatoms. The minimum absolute atomic E-state index is 0.464. The van der Waals surface area contributed by atoms with E-state index in [0.717, 1.165) is 17.1 Å². The Hall–Kier alpha value is -2.50. The number of para-hydroxylation sites is 2. The third-order valence-corrected chi connectivity index (χ3v) is 3.89. The lowest BCUT2D eigenvalue weighted by Gasteiger charge is -2.33. The fourth-order valence-electron chi connectivity index (χ4n) is 2.57. The van der Waals surface area contributed by atoms with Crippen LogP contribution in [-0.2, 0) is 0 Å². The summed E-state index contributed by atoms with van der Waals surface area (Å²) < 4.78 is 0. The van der Waals surface area contributed by atoms with Gasteiger partial charge in [0.05, 0.1) is 5.44 Å². The zero-order chi connectivity index (χ0) is 16.1. The summed E-state index contributed by atoms with van der Waals surface area (Å²) in [4.78, 5) is 0. The third kappa shape index (κ3) is 3.64. The van der Waals surface area contributed by atoms with E-state index >= 15 is 0 Å². The number of nitrogens with one attached hydrogen (secondary N) is 2. The van der Waals surface area contributed by atoms with Gasteiger partial charge >= 0.3 is 7.12 Å². The molecule has 4 N–H and O–H groups in total. The Morgan fingerprint density at radius 2 is 1.48 bits per heavy atom. The van der Waals surface area contributed by atoms with E-state index in [1.807, 2.05) is 72.8 Å². The molecule has 0 spiro atoms. The van der Waals surface area contributed by atoms with E-state index in [1.54, 1.807) is 6.08 Å². The molecule has 0 fully saturated rings. The Morgan fingerprint density at radius 1 is 0.870 bits per heavy atom. The van der Waals surface area contributed by atoms with Crippen LogP contribution < -0.4 is 10.6 Å². The molecular weight excluding hydrogens is 287 g/mol. The second-order valence-electron chi connectivity index (χ2n) is 5.59. The van der Waals surface area contributed by atoms with Crippen molar-refractivity contribution >= 4 is 18.5 Å². The summed E-state index contributed by atoms with van der Waals surface area (Å²) in [5.41, 5.74) is 1.85. The van der Waals surface area contributed by atoms with Crippen molar-refractivity contribution in [1.29, 1.82) is 0 Å². The molecule has 23 heavy (non-hydrogen) atoms. The molecule has 2 aromatic rings. The Labute approximate surface area is 136 Å². The zero-order valence-corrected chi connectivity index (χ0v) is 12.7. The average Bonchev–Trinajstić information content (AvgIpc) is 2.58. The van der Waals surface area contributed by atoms with Crippen LogP contribution in [0.15, 0.2) is 84.6 Å². The molecule has 1 aliphatic carbocycles. The van der Waals surface area contributed by atoms with Crippen molar-refractivity contribution in [2.24, 2.45) is 0 Å². The predicted molar refractivity (Wildman–Crippen MR) is 94.9 cm³/mol. The molecule has 0 saturated heterocycles. The van der Waals surface area contributed by atoms with Crippen molar-refractivity contribution < 1.29 is 10.0 Å². The number of hydrogen-bond donors (Lipinski definition) is 4. The van der Waals surface area contributed by atoms with E-state index in [1.165, 1.54) is 0 Å². The van der Waals surface area contributed by atoms with Gasteiger partial charge in [-0.3, -0.25) is 0 Å². The van der Waals surface area contributed by atoms with Gasteiger partial charge in [-0.25, -0.2) is 0 Å². The van der Waals surface area contributed by atoms with E-state index in [-0.39, 0.29) is 0 Å². The molecule has 2 aromatic carbocycles. The van der Waals surface area contributed by atoms with Gasteiger partial charge in [0.25, 0.3) is 0 Å². The molecular formula is C18H19BN2O2. The summed E-state index contributed by atoms with van der Waals surface area (Å²) in [5, 5.41) is 26.2. The molecule has 116 valence electrons. The summed E-state index contributed by atoms with van der Waals surface area (Å²) in [6.45, 7) is 0. The minimum Gasteiger partial charge on any atom is -0.425 e. The fourth-order valence-corrected chi connectivity index (χ4v) is 2.57. The van der Waals surface area contributed by atoms with Crippen LogP contribution in [0.2, 0.25) is 0 Å². The summed E-state index contributed by atoms with van der Waals surface area (Å²) in [6, 6.07) is 19.4. The predicted octanol–water partition coefficient (Wildman–Crippen LogP) is 2.81. The van der Waals surface area contributed by atoms with Gasteiger partial charge in [-0.2, -0.15) is 0 Å². The molecule has 3 rings (SSSR count). The van der Waals surface area contributed by atoms with Crippen LogP contribution in [-0.4, -0.2) is 22.6 Å². The topological polar surface area (TPSA) is 64.5 Å². The van der Waals surface area contributed by atoms with E-state index < -0.39 is 12.6 Å². The Bertz CT molecular complexity index is 701. The van der Waals surface area contributed by atoms with Gasteiger partial charge in [-0.1, -0.05) is 48.6 Å². The van der Waals surface area contributed by atoms with E-state index in [0.29, 0.717) is 6.42 Å². The number of benzene rings is 2. The normalized spacial score (nSPS) is 19.8. The fraction of sp³-hybridized carbons (Fsp3) is 0.111. The highest BCUT2D eigenvalue weighted by atomic mass is 16.4. The van der Waals surface area contributed by atoms with Gasteiger partial charge in [0, 0.05) is 17.1 Å². The van der Waals surface area contributed by atoms with E-state index in [9.17, 15) is 10.0 Å². The molecule has 0 amide bonds. The van der Waals surface area contributed by atoms with E-state index in [4.69, 9.17) is 0 Å². The summed E-state index contributed by atoms with van der Waals surface area (Å²) in [6.07, 6.45) is 6.09. The van der Waals surface area contributed by atoms with Crippen LogP contribution in [0.25, 0.3) is 0 Å². The first-order valence-corrected chi connectivity index (χ1v) is 7.59. The molecule has 0 aliphatic heterocycles. The number of anilines is 2. The van der Waals surface area contributed by atoms with Crippen molar-refractivity contribution in [3.63, 3.8) is 0 Å². The van der Waals surface area contributed by atoms with Crippen molar-refractivity contribution in [1.82, 2.24) is 0 Å². The second-order valence-corrected chi connectivity index (χ2v) is 5.59. The quantitative estimate of drug-likeness (QED) is 0.642. The maximum Gasteiger partial charge on any atom is 0.483 e. The Balaban J connectivity index is 1.74. The van der Waals surface area contributed by atoms with E-state index in [2.05, 4.69) is 10.6 Å². The molecule has 1 aliphatic rings. The number of rotatable bonds is 5. The standard InChI is InChI=1S/C18H19BN2O2/c22-19(23)18(21-17-9-5-2-6-10-17)13-11-16(12-14-18)20-15-7-3-1-4-8-15/h1-13,20-23H,14H2. The number of hydrogen-bond acceptors (Lipinski definition) is 4. The first-order valence-electron chi connectivity index (χ1n) is 7.59. The smallest absolute Gasteiger partial charge is 0.425 e. The largest absolute Gasteiger partial charge is 0.483 e. The molecule has 1 atom stereocenters. The highest BCUT2D eigenvalue weighted by Crippen LogP contribution is 2.27. The van der Waals surface area contributed by atoms with Crippen LogP contribution in [0.5, 0.6) is 0 Å². The van der Waals surface area contributed by atoms with Gasteiger partial charge in [0.1, 0.15) is 0 Å². The Kier molecular flexibility index (Phi) is 4.51. The average molecular weight is 306 g/mol. The zero-order valence-electron chi connectivity index (χ0n) is 12.7. The van der Waals surface area contributed by atoms with Crippen LogP contribution in [0, 0.1) is 0 Å². The Morgan fingerprint density at radius 3 is 2.00 bits per heavy atom. The van der Waals surface area contributed by atoms with Gasteiger partial charge in [0.2, 0.25) is 0 Å². The van der Waals surface area contributed by atoms with Gasteiger partial charge in [0.15, 0.2) is 0 Å². The first kappa shape index (κ1) is 15.4. The third-order valence-electron chi connectivity index (χ3n) is 3.89. The lowest BCUT2D eigenvalue weighted by molar-refractivity contribution is 0.371. The van der Waals surface area contributed by atoms with Crippen LogP contribution >= 0.6 is 0 Å². The summed E-state index contributed by atoms with van der Waals surface area (Å²) >= 11 is 0. The monoisotopic (exact) mass is 306 g/mol. The van der Waals surface area contributed by atoms with Gasteiger partial charge in [-0.05, 0) is 36.8 Å². The first-order chi connectivity index (χ1) is 11.2. The highest BCUT2D eigenvalue weighted by Gasteiger charge is 2.40. The van der Waals surface area contributed by atoms with Crippen LogP contribution in [0.4, 0.5) is 11.4 Å². The van der Waals surface area contributed by atoms with Crippen LogP contribution in [0.1, 0.15) is 6.42 Å². The second kappa shape index (κ2) is 6.73.